The predicted molar refractivity (Wildman–Crippen MR) is 52.5 cm³/mol. The molecule has 0 aliphatic rings. The van der Waals surface area contributed by atoms with E-state index in [1.54, 1.807) is 18.2 Å². The highest BCUT2D eigenvalue weighted by atomic mass is 35.5. The normalized spacial score (nSPS) is 9.67. The number of aliphatic imine (C=N–C) groups is 1. The molecule has 0 aliphatic heterocycles. The predicted octanol–water partition coefficient (Wildman–Crippen LogP) is 2.36. The molecule has 1 aromatic heterocycles. The minimum Gasteiger partial charge on any atom is -0.244 e. The lowest BCUT2D eigenvalue weighted by Crippen LogP contribution is -1.77. The van der Waals surface area contributed by atoms with Gasteiger partial charge in [0.25, 0.3) is 0 Å². The van der Waals surface area contributed by atoms with Gasteiger partial charge >= 0.3 is 0 Å². The Labute approximate surface area is 89.3 Å². The first-order chi connectivity index (χ1) is 7.31. The lowest BCUT2D eigenvalue weighted by atomic mass is 10.1. The Bertz CT molecular complexity index is 518. The van der Waals surface area contributed by atoms with Crippen molar-refractivity contribution < 1.29 is 9.42 Å². The molecule has 0 unspecified atom stereocenters. The Balaban J connectivity index is 2.52. The first kappa shape index (κ1) is 9.58. The third-order valence-corrected chi connectivity index (χ3v) is 2.09. The van der Waals surface area contributed by atoms with Gasteiger partial charge in [-0.1, -0.05) is 22.8 Å². The molecule has 0 fully saturated rings. The molecule has 1 heterocycles. The van der Waals surface area contributed by atoms with E-state index in [1.165, 1.54) is 12.3 Å². The second-order valence-electron chi connectivity index (χ2n) is 2.66. The Morgan fingerprint density at radius 1 is 1.47 bits per heavy atom. The largest absolute Gasteiger partial charge is 0.244 e. The van der Waals surface area contributed by atoms with E-state index in [1.807, 2.05) is 0 Å². The highest BCUT2D eigenvalue weighted by Gasteiger charge is 2.05. The van der Waals surface area contributed by atoms with Crippen LogP contribution in [0.2, 0.25) is 5.02 Å². The van der Waals surface area contributed by atoms with Crippen molar-refractivity contribution in [3.63, 3.8) is 0 Å². The van der Waals surface area contributed by atoms with Crippen LogP contribution in [0.3, 0.4) is 0 Å². The summed E-state index contributed by atoms with van der Waals surface area (Å²) in [6, 6.07) is 4.94. The van der Waals surface area contributed by atoms with Gasteiger partial charge in [-0.25, -0.2) is 9.42 Å². The van der Waals surface area contributed by atoms with Crippen LogP contribution in [0.15, 0.2) is 34.0 Å². The minimum atomic E-state index is 0.340. The first-order valence-corrected chi connectivity index (χ1v) is 4.34. The molecule has 6 heteroatoms. The molecule has 2 rings (SSSR count). The number of hydrogen-bond donors (Lipinski definition) is 0. The van der Waals surface area contributed by atoms with Gasteiger partial charge < -0.3 is 0 Å². The minimum absolute atomic E-state index is 0.340. The van der Waals surface area contributed by atoms with Gasteiger partial charge in [0.1, 0.15) is 5.69 Å². The number of hydrogen-bond acceptors (Lipinski definition) is 5. The van der Waals surface area contributed by atoms with Crippen LogP contribution in [0.4, 0.5) is 5.69 Å². The number of nitrogens with zero attached hydrogens (tertiary/aromatic N) is 3. The van der Waals surface area contributed by atoms with E-state index in [4.69, 9.17) is 11.6 Å². The molecular weight excluding hydrogens is 218 g/mol. The molecule has 0 saturated carbocycles. The molecule has 5 nitrogen and oxygen atoms in total. The molecule has 1 aromatic carbocycles. The standard InChI is InChI=1S/C9H4ClN3O2/c10-7-2-1-6(3-8(7)11-5-14)9-4-12-15-13-9/h1-4H. The summed E-state index contributed by atoms with van der Waals surface area (Å²) in [5, 5.41) is 7.49. The second kappa shape index (κ2) is 4.04. The molecular formula is C9H4ClN3O2. The van der Waals surface area contributed by atoms with Gasteiger partial charge in [0.05, 0.1) is 16.9 Å². The van der Waals surface area contributed by atoms with Gasteiger partial charge in [0, 0.05) is 5.56 Å². The van der Waals surface area contributed by atoms with Crippen LogP contribution in [0.5, 0.6) is 0 Å². The topological polar surface area (TPSA) is 68.3 Å². The quantitative estimate of drug-likeness (QED) is 0.577. The molecule has 15 heavy (non-hydrogen) atoms. The molecule has 0 saturated heterocycles. The molecule has 2 aromatic rings. The highest BCUT2D eigenvalue weighted by Crippen LogP contribution is 2.29. The molecule has 0 radical (unpaired) electrons. The third kappa shape index (κ3) is 1.93. The smallest absolute Gasteiger partial charge is 0.240 e. The maximum absolute atomic E-state index is 10.1. The summed E-state index contributed by atoms with van der Waals surface area (Å²) in [4.78, 5) is 13.6. The Morgan fingerprint density at radius 2 is 2.33 bits per heavy atom. The fourth-order valence-electron chi connectivity index (χ4n) is 1.10. The van der Waals surface area contributed by atoms with Crippen molar-refractivity contribution in [1.29, 1.82) is 0 Å². The Kier molecular flexibility index (Phi) is 2.58. The van der Waals surface area contributed by atoms with E-state index in [-0.39, 0.29) is 0 Å². The van der Waals surface area contributed by atoms with Gasteiger partial charge in [-0.15, -0.1) is 0 Å². The van der Waals surface area contributed by atoms with Crippen LogP contribution in [-0.2, 0) is 4.79 Å². The van der Waals surface area contributed by atoms with Gasteiger partial charge in [0.2, 0.25) is 6.08 Å². The lowest BCUT2D eigenvalue weighted by Gasteiger charge is -1.98. The number of aromatic nitrogens is 2. The zero-order valence-corrected chi connectivity index (χ0v) is 8.10. The van der Waals surface area contributed by atoms with Crippen LogP contribution < -0.4 is 0 Å². The lowest BCUT2D eigenvalue weighted by molar-refractivity contribution is 0.308. The summed E-state index contributed by atoms with van der Waals surface area (Å²) in [6.45, 7) is 0. The first-order valence-electron chi connectivity index (χ1n) is 3.96. The Morgan fingerprint density at radius 3 is 3.00 bits per heavy atom. The van der Waals surface area contributed by atoms with Gasteiger partial charge in [-0.3, -0.25) is 0 Å². The average Bonchev–Trinajstić information content (AvgIpc) is 2.75. The highest BCUT2D eigenvalue weighted by molar-refractivity contribution is 6.33. The number of halogens is 1. The van der Waals surface area contributed by atoms with Crippen molar-refractivity contribution in [3.8, 4) is 11.3 Å². The van der Waals surface area contributed by atoms with Crippen molar-refractivity contribution in [2.75, 3.05) is 0 Å². The van der Waals surface area contributed by atoms with Crippen LogP contribution in [0.25, 0.3) is 11.3 Å². The fraction of sp³-hybridized carbons (Fsp3) is 0. The van der Waals surface area contributed by atoms with Gasteiger partial charge in [0.15, 0.2) is 0 Å². The monoisotopic (exact) mass is 221 g/mol. The van der Waals surface area contributed by atoms with Crippen LogP contribution in [-0.4, -0.2) is 16.4 Å². The van der Waals surface area contributed by atoms with Crippen molar-refractivity contribution in [2.24, 2.45) is 4.99 Å². The fourth-order valence-corrected chi connectivity index (χ4v) is 1.26. The Hall–Kier alpha value is -1.97. The summed E-state index contributed by atoms with van der Waals surface area (Å²) in [5.74, 6) is 0. The number of benzene rings is 1. The maximum Gasteiger partial charge on any atom is 0.240 e. The maximum atomic E-state index is 10.1. The summed E-state index contributed by atoms with van der Waals surface area (Å²) in [6.07, 6.45) is 2.88. The summed E-state index contributed by atoms with van der Waals surface area (Å²) in [7, 11) is 0. The molecule has 0 amide bonds. The molecule has 74 valence electrons. The average molecular weight is 222 g/mol. The second-order valence-corrected chi connectivity index (χ2v) is 3.07. The molecule has 0 N–H and O–H groups in total. The molecule has 0 aliphatic carbocycles. The van der Waals surface area contributed by atoms with Gasteiger partial charge in [-0.05, 0) is 17.3 Å². The van der Waals surface area contributed by atoms with E-state index in [0.717, 1.165) is 5.56 Å². The van der Waals surface area contributed by atoms with E-state index in [2.05, 4.69) is 19.9 Å². The number of carbonyl (C=O) groups excluding carboxylic acids is 1. The van der Waals surface area contributed by atoms with Crippen LogP contribution in [0, 0.1) is 0 Å². The van der Waals surface area contributed by atoms with E-state index < -0.39 is 0 Å². The molecule has 0 bridgehead atoms. The zero-order chi connectivity index (χ0) is 10.7. The van der Waals surface area contributed by atoms with E-state index in [9.17, 15) is 4.79 Å². The van der Waals surface area contributed by atoms with E-state index in [0.29, 0.717) is 16.4 Å². The molecule has 0 spiro atoms. The number of rotatable bonds is 2. The third-order valence-electron chi connectivity index (χ3n) is 1.77. The van der Waals surface area contributed by atoms with Crippen molar-refractivity contribution in [1.82, 2.24) is 10.3 Å². The van der Waals surface area contributed by atoms with Crippen LogP contribution in [0.1, 0.15) is 0 Å². The van der Waals surface area contributed by atoms with E-state index >= 15 is 0 Å². The SMILES string of the molecule is O=C=Nc1cc(-c2cnon2)ccc1Cl. The summed E-state index contributed by atoms with van der Waals surface area (Å²) < 4.78 is 4.46. The summed E-state index contributed by atoms with van der Waals surface area (Å²) in [5.41, 5.74) is 1.61. The van der Waals surface area contributed by atoms with Crippen molar-refractivity contribution in [2.45, 2.75) is 0 Å². The van der Waals surface area contributed by atoms with Gasteiger partial charge in [-0.2, -0.15) is 4.99 Å². The zero-order valence-electron chi connectivity index (χ0n) is 7.35. The number of isocyanates is 1. The molecule has 0 atom stereocenters. The summed E-state index contributed by atoms with van der Waals surface area (Å²) >= 11 is 5.80. The van der Waals surface area contributed by atoms with Crippen molar-refractivity contribution >= 4 is 23.4 Å². The van der Waals surface area contributed by atoms with Crippen LogP contribution >= 0.6 is 11.6 Å². The van der Waals surface area contributed by atoms with Crippen molar-refractivity contribution in [3.05, 3.63) is 29.4 Å².